The van der Waals surface area contributed by atoms with E-state index in [1.54, 1.807) is 25.3 Å². The lowest BCUT2D eigenvalue weighted by molar-refractivity contribution is 0.0555. The third-order valence-corrected chi connectivity index (χ3v) is 4.46. The number of carbonyl (C=O) groups excluding carboxylic acids is 1. The van der Waals surface area contributed by atoms with Gasteiger partial charge in [0.15, 0.2) is 0 Å². The van der Waals surface area contributed by atoms with Crippen LogP contribution < -0.4 is 4.74 Å². The molecule has 0 saturated heterocycles. The lowest BCUT2D eigenvalue weighted by Gasteiger charge is -2.37. The maximum Gasteiger partial charge on any atom is 0.254 e. The molecule has 1 aliphatic rings. The first kappa shape index (κ1) is 16.8. The Balaban J connectivity index is 2.26. The summed E-state index contributed by atoms with van der Waals surface area (Å²) in [6.45, 7) is 4.06. The molecule has 0 radical (unpaired) electrons. The first-order chi connectivity index (χ1) is 10.6. The molecule has 1 amide bonds. The zero-order chi connectivity index (χ0) is 16.1. The van der Waals surface area contributed by atoms with Gasteiger partial charge in [-0.2, -0.15) is 0 Å². The van der Waals surface area contributed by atoms with Crippen LogP contribution in [-0.4, -0.2) is 35.1 Å². The maximum absolute atomic E-state index is 13.0. The molecule has 1 fully saturated rings. The van der Waals surface area contributed by atoms with Crippen LogP contribution in [0.2, 0.25) is 0 Å². The first-order valence-electron chi connectivity index (χ1n) is 8.19. The number of hydrogen-bond acceptors (Lipinski definition) is 3. The maximum atomic E-state index is 13.0. The molecular formula is C18H27NO3. The van der Waals surface area contributed by atoms with Gasteiger partial charge >= 0.3 is 0 Å². The van der Waals surface area contributed by atoms with Gasteiger partial charge < -0.3 is 14.7 Å². The number of carbonyl (C=O) groups is 1. The van der Waals surface area contributed by atoms with Crippen LogP contribution >= 0.6 is 0 Å². The predicted octanol–water partition coefficient (Wildman–Crippen LogP) is 3.37. The summed E-state index contributed by atoms with van der Waals surface area (Å²) in [6.07, 6.45) is 5.86. The molecule has 1 aliphatic carbocycles. The number of aliphatic hydroxyl groups is 1. The van der Waals surface area contributed by atoms with Crippen molar-refractivity contribution in [2.45, 2.75) is 64.6 Å². The van der Waals surface area contributed by atoms with E-state index < -0.39 is 0 Å². The molecule has 0 bridgehead atoms. The van der Waals surface area contributed by atoms with Gasteiger partial charge in [-0.25, -0.2) is 0 Å². The van der Waals surface area contributed by atoms with Gasteiger partial charge in [0.1, 0.15) is 5.75 Å². The highest BCUT2D eigenvalue weighted by atomic mass is 16.5. The van der Waals surface area contributed by atoms with Crippen LogP contribution in [0.3, 0.4) is 0 Å². The normalized spacial score (nSPS) is 15.9. The first-order valence-corrected chi connectivity index (χ1v) is 8.19. The van der Waals surface area contributed by atoms with E-state index in [4.69, 9.17) is 4.74 Å². The fourth-order valence-electron chi connectivity index (χ4n) is 3.34. The van der Waals surface area contributed by atoms with Gasteiger partial charge in [0.2, 0.25) is 0 Å². The lowest BCUT2D eigenvalue weighted by Crippen LogP contribution is -2.45. The molecule has 0 unspecified atom stereocenters. The average Bonchev–Trinajstić information content (AvgIpc) is 2.54. The van der Waals surface area contributed by atoms with Crippen molar-refractivity contribution < 1.29 is 14.6 Å². The van der Waals surface area contributed by atoms with Crippen LogP contribution in [-0.2, 0) is 6.61 Å². The molecular weight excluding hydrogens is 278 g/mol. The van der Waals surface area contributed by atoms with Crippen molar-refractivity contribution in [2.75, 3.05) is 7.11 Å². The van der Waals surface area contributed by atoms with Crippen molar-refractivity contribution in [1.29, 1.82) is 0 Å². The standard InChI is InChI=1S/C18H27NO3/c1-13(2)19(16-7-5-4-6-8-16)18(21)14-9-10-15(12-20)17(11-14)22-3/h9-11,13,16,20H,4-8,12H2,1-3H3. The summed E-state index contributed by atoms with van der Waals surface area (Å²) in [4.78, 5) is 15.0. The van der Waals surface area contributed by atoms with Crippen molar-refractivity contribution in [1.82, 2.24) is 4.90 Å². The van der Waals surface area contributed by atoms with E-state index in [2.05, 4.69) is 13.8 Å². The molecule has 0 aliphatic heterocycles. The number of amides is 1. The van der Waals surface area contributed by atoms with E-state index in [0.717, 1.165) is 12.8 Å². The second-order valence-electron chi connectivity index (χ2n) is 6.28. The number of aliphatic hydroxyl groups excluding tert-OH is 1. The van der Waals surface area contributed by atoms with Crippen molar-refractivity contribution >= 4 is 5.91 Å². The third kappa shape index (κ3) is 3.61. The second kappa shape index (κ2) is 7.63. The molecule has 2 rings (SSSR count). The Morgan fingerprint density at radius 3 is 2.55 bits per heavy atom. The Morgan fingerprint density at radius 1 is 1.32 bits per heavy atom. The van der Waals surface area contributed by atoms with Gasteiger partial charge in [-0.1, -0.05) is 25.3 Å². The summed E-state index contributed by atoms with van der Waals surface area (Å²) in [6, 6.07) is 5.82. The highest BCUT2D eigenvalue weighted by Gasteiger charge is 2.28. The molecule has 1 saturated carbocycles. The van der Waals surface area contributed by atoms with E-state index in [1.807, 2.05) is 4.90 Å². The van der Waals surface area contributed by atoms with E-state index in [1.165, 1.54) is 19.3 Å². The number of rotatable bonds is 5. The predicted molar refractivity (Wildman–Crippen MR) is 87.1 cm³/mol. The fraction of sp³-hybridized carbons (Fsp3) is 0.611. The minimum Gasteiger partial charge on any atom is -0.496 e. The van der Waals surface area contributed by atoms with E-state index >= 15 is 0 Å². The molecule has 1 N–H and O–H groups in total. The third-order valence-electron chi connectivity index (χ3n) is 4.46. The summed E-state index contributed by atoms with van der Waals surface area (Å²) in [5.74, 6) is 0.630. The molecule has 0 aromatic heterocycles. The van der Waals surface area contributed by atoms with Gasteiger partial charge in [0, 0.05) is 23.2 Å². The Kier molecular flexibility index (Phi) is 5.83. The molecule has 0 heterocycles. The molecule has 1 aromatic carbocycles. The Morgan fingerprint density at radius 2 is 2.00 bits per heavy atom. The lowest BCUT2D eigenvalue weighted by atomic mass is 9.92. The Bertz CT molecular complexity index is 507. The number of ether oxygens (including phenoxy) is 1. The topological polar surface area (TPSA) is 49.8 Å². The number of benzene rings is 1. The summed E-state index contributed by atoms with van der Waals surface area (Å²) in [5, 5.41) is 9.30. The number of nitrogens with zero attached hydrogens (tertiary/aromatic N) is 1. The van der Waals surface area contributed by atoms with Gasteiger partial charge in [-0.05, 0) is 38.8 Å². The highest BCUT2D eigenvalue weighted by Crippen LogP contribution is 2.27. The summed E-state index contributed by atoms with van der Waals surface area (Å²) >= 11 is 0. The Hall–Kier alpha value is -1.55. The summed E-state index contributed by atoms with van der Waals surface area (Å²) in [7, 11) is 1.56. The monoisotopic (exact) mass is 305 g/mol. The molecule has 4 nitrogen and oxygen atoms in total. The van der Waals surface area contributed by atoms with Crippen LogP contribution in [0.25, 0.3) is 0 Å². The minimum atomic E-state index is -0.0891. The van der Waals surface area contributed by atoms with Crippen molar-refractivity contribution in [2.24, 2.45) is 0 Å². The molecule has 4 heteroatoms. The molecule has 22 heavy (non-hydrogen) atoms. The van der Waals surface area contributed by atoms with E-state index in [9.17, 15) is 9.90 Å². The van der Waals surface area contributed by atoms with E-state index in [0.29, 0.717) is 22.9 Å². The SMILES string of the molecule is COc1cc(C(=O)N(C(C)C)C2CCCCC2)ccc1CO. The number of hydrogen-bond donors (Lipinski definition) is 1. The van der Waals surface area contributed by atoms with Gasteiger partial charge in [-0.15, -0.1) is 0 Å². The summed E-state index contributed by atoms with van der Waals surface area (Å²) in [5.41, 5.74) is 1.33. The second-order valence-corrected chi connectivity index (χ2v) is 6.28. The van der Waals surface area contributed by atoms with Gasteiger partial charge in [0.05, 0.1) is 13.7 Å². The number of methoxy groups -OCH3 is 1. The van der Waals surface area contributed by atoms with Gasteiger partial charge in [-0.3, -0.25) is 4.79 Å². The van der Waals surface area contributed by atoms with E-state index in [-0.39, 0.29) is 18.6 Å². The minimum absolute atomic E-state index is 0.0599. The molecule has 122 valence electrons. The quantitative estimate of drug-likeness (QED) is 0.907. The van der Waals surface area contributed by atoms with Crippen molar-refractivity contribution in [3.63, 3.8) is 0 Å². The average molecular weight is 305 g/mol. The van der Waals surface area contributed by atoms with Crippen molar-refractivity contribution in [3.8, 4) is 5.75 Å². The zero-order valence-electron chi connectivity index (χ0n) is 13.8. The van der Waals surface area contributed by atoms with Gasteiger partial charge in [0.25, 0.3) is 5.91 Å². The molecule has 0 atom stereocenters. The Labute approximate surface area is 133 Å². The smallest absolute Gasteiger partial charge is 0.254 e. The zero-order valence-corrected chi connectivity index (χ0v) is 13.8. The van der Waals surface area contributed by atoms with Crippen molar-refractivity contribution in [3.05, 3.63) is 29.3 Å². The highest BCUT2D eigenvalue weighted by molar-refractivity contribution is 5.95. The fourth-order valence-corrected chi connectivity index (χ4v) is 3.34. The van der Waals surface area contributed by atoms with Crippen LogP contribution in [0.4, 0.5) is 0 Å². The van der Waals surface area contributed by atoms with Crippen LogP contribution in [0.15, 0.2) is 18.2 Å². The van der Waals surface area contributed by atoms with Crippen LogP contribution in [0.1, 0.15) is 61.9 Å². The largest absolute Gasteiger partial charge is 0.496 e. The van der Waals surface area contributed by atoms with Crippen LogP contribution in [0.5, 0.6) is 5.75 Å². The summed E-state index contributed by atoms with van der Waals surface area (Å²) < 4.78 is 5.28. The molecule has 1 aromatic rings. The molecule has 0 spiro atoms. The van der Waals surface area contributed by atoms with Crippen LogP contribution in [0, 0.1) is 0 Å².